The van der Waals surface area contributed by atoms with Gasteiger partial charge in [0.2, 0.25) is 5.91 Å². The number of ether oxygens (including phenoxy) is 1. The van der Waals surface area contributed by atoms with Crippen molar-refractivity contribution >= 4 is 11.9 Å². The summed E-state index contributed by atoms with van der Waals surface area (Å²) < 4.78 is 5.25. The highest BCUT2D eigenvalue weighted by Crippen LogP contribution is 2.43. The number of hydrogen-bond acceptors (Lipinski definition) is 3. The van der Waals surface area contributed by atoms with Crippen molar-refractivity contribution in [2.75, 3.05) is 14.2 Å². The Hall–Kier alpha value is -2.04. The average Bonchev–Trinajstić information content (AvgIpc) is 2.37. The molecule has 0 unspecified atom stereocenters. The van der Waals surface area contributed by atoms with Crippen LogP contribution in [0.1, 0.15) is 24.8 Å². The number of carboxylic acid groups (broad SMARTS) is 1. The quantitative estimate of drug-likeness (QED) is 0.835. The largest absolute Gasteiger partial charge is 0.496 e. The van der Waals surface area contributed by atoms with Crippen LogP contribution in [0.5, 0.6) is 5.75 Å². The summed E-state index contributed by atoms with van der Waals surface area (Å²) in [5.41, 5.74) is -0.345. The number of rotatable bonds is 5. The molecule has 20 heavy (non-hydrogen) atoms. The van der Waals surface area contributed by atoms with E-state index in [2.05, 4.69) is 0 Å². The van der Waals surface area contributed by atoms with Gasteiger partial charge in [0, 0.05) is 19.2 Å². The standard InChI is InChI=1S/C15H19NO4/c1-16(10-11-6-3-4-7-12(11)20-2)13(17)15(14(18)19)8-5-9-15/h3-4,6-7H,5,8-10H2,1-2H3,(H,18,19). The van der Waals surface area contributed by atoms with E-state index in [1.54, 1.807) is 14.2 Å². The van der Waals surface area contributed by atoms with E-state index in [0.717, 1.165) is 12.0 Å². The third-order valence-corrected chi connectivity index (χ3v) is 3.97. The summed E-state index contributed by atoms with van der Waals surface area (Å²) >= 11 is 0. The van der Waals surface area contributed by atoms with Crippen LogP contribution in [0.25, 0.3) is 0 Å². The van der Waals surface area contributed by atoms with E-state index in [1.807, 2.05) is 24.3 Å². The van der Waals surface area contributed by atoms with Crippen LogP contribution in [0.3, 0.4) is 0 Å². The van der Waals surface area contributed by atoms with Gasteiger partial charge in [-0.2, -0.15) is 0 Å². The summed E-state index contributed by atoms with van der Waals surface area (Å²) in [7, 11) is 3.21. The van der Waals surface area contributed by atoms with Gasteiger partial charge >= 0.3 is 5.97 Å². The van der Waals surface area contributed by atoms with Gasteiger partial charge in [0.15, 0.2) is 0 Å². The molecular formula is C15H19NO4. The van der Waals surface area contributed by atoms with Gasteiger partial charge in [-0.05, 0) is 18.9 Å². The van der Waals surface area contributed by atoms with E-state index in [-0.39, 0.29) is 5.91 Å². The Kier molecular flexibility index (Phi) is 3.97. The maximum absolute atomic E-state index is 12.4. The highest BCUT2D eigenvalue weighted by molar-refractivity contribution is 6.02. The van der Waals surface area contributed by atoms with Crippen molar-refractivity contribution in [2.45, 2.75) is 25.8 Å². The number of carbonyl (C=O) groups is 2. The number of carbonyl (C=O) groups excluding carboxylic acids is 1. The van der Waals surface area contributed by atoms with Gasteiger partial charge in [-0.15, -0.1) is 0 Å². The fraction of sp³-hybridized carbons (Fsp3) is 0.467. The smallest absolute Gasteiger partial charge is 0.319 e. The molecule has 1 aliphatic carbocycles. The van der Waals surface area contributed by atoms with Crippen LogP contribution < -0.4 is 4.74 Å². The SMILES string of the molecule is COc1ccccc1CN(C)C(=O)C1(C(=O)O)CCC1. The molecule has 108 valence electrons. The van der Waals surface area contributed by atoms with Crippen LogP contribution >= 0.6 is 0 Å². The first kappa shape index (κ1) is 14.4. The average molecular weight is 277 g/mol. The summed E-state index contributed by atoms with van der Waals surface area (Å²) in [6.45, 7) is 0.345. The predicted octanol–water partition coefficient (Wildman–Crippen LogP) is 1.91. The first-order valence-electron chi connectivity index (χ1n) is 6.62. The van der Waals surface area contributed by atoms with Gasteiger partial charge in [-0.25, -0.2) is 0 Å². The van der Waals surface area contributed by atoms with Crippen molar-refractivity contribution in [1.82, 2.24) is 4.90 Å². The predicted molar refractivity (Wildman–Crippen MR) is 73.4 cm³/mol. The number of benzene rings is 1. The van der Waals surface area contributed by atoms with Gasteiger partial charge in [0.05, 0.1) is 7.11 Å². The molecule has 0 heterocycles. The molecule has 2 rings (SSSR count). The van der Waals surface area contributed by atoms with Gasteiger partial charge in [-0.1, -0.05) is 24.6 Å². The van der Waals surface area contributed by atoms with Crippen LogP contribution in [0.4, 0.5) is 0 Å². The minimum Gasteiger partial charge on any atom is -0.496 e. The summed E-state index contributed by atoms with van der Waals surface area (Å²) in [4.78, 5) is 25.2. The van der Waals surface area contributed by atoms with Crippen molar-refractivity contribution in [3.05, 3.63) is 29.8 Å². The molecule has 5 heteroatoms. The Bertz CT molecular complexity index is 522. The van der Waals surface area contributed by atoms with Crippen LogP contribution in [0.15, 0.2) is 24.3 Å². The van der Waals surface area contributed by atoms with Crippen molar-refractivity contribution < 1.29 is 19.4 Å². The third kappa shape index (κ3) is 2.35. The Morgan fingerprint density at radius 3 is 2.50 bits per heavy atom. The minimum atomic E-state index is -1.21. The maximum atomic E-state index is 12.4. The topological polar surface area (TPSA) is 66.8 Å². The summed E-state index contributed by atoms with van der Waals surface area (Å²) in [6.07, 6.45) is 1.65. The second-order valence-electron chi connectivity index (χ2n) is 5.21. The molecular weight excluding hydrogens is 258 g/mol. The van der Waals surface area contributed by atoms with Gasteiger partial charge in [0.1, 0.15) is 11.2 Å². The van der Waals surface area contributed by atoms with Crippen molar-refractivity contribution in [1.29, 1.82) is 0 Å². The van der Waals surface area contributed by atoms with Crippen molar-refractivity contribution in [2.24, 2.45) is 5.41 Å². The number of para-hydroxylation sites is 1. The van der Waals surface area contributed by atoms with Crippen LogP contribution in [0, 0.1) is 5.41 Å². The lowest BCUT2D eigenvalue weighted by Gasteiger charge is -2.38. The molecule has 1 saturated carbocycles. The fourth-order valence-electron chi connectivity index (χ4n) is 2.58. The highest BCUT2D eigenvalue weighted by atomic mass is 16.5. The summed E-state index contributed by atoms with van der Waals surface area (Å²) in [5, 5.41) is 9.30. The number of methoxy groups -OCH3 is 1. The first-order valence-corrected chi connectivity index (χ1v) is 6.62. The molecule has 1 aromatic carbocycles. The number of amides is 1. The second kappa shape index (κ2) is 5.53. The van der Waals surface area contributed by atoms with E-state index in [1.165, 1.54) is 4.90 Å². The monoisotopic (exact) mass is 277 g/mol. The molecule has 0 saturated heterocycles. The van der Waals surface area contributed by atoms with E-state index in [4.69, 9.17) is 4.74 Å². The van der Waals surface area contributed by atoms with Gasteiger partial charge < -0.3 is 14.7 Å². The zero-order chi connectivity index (χ0) is 14.8. The van der Waals surface area contributed by atoms with E-state index in [0.29, 0.717) is 25.1 Å². The van der Waals surface area contributed by atoms with Gasteiger partial charge in [0.25, 0.3) is 0 Å². The number of aliphatic carboxylic acids is 1. The second-order valence-corrected chi connectivity index (χ2v) is 5.21. The Balaban J connectivity index is 2.14. The van der Waals surface area contributed by atoms with Crippen LogP contribution in [-0.2, 0) is 16.1 Å². The molecule has 1 aromatic rings. The highest BCUT2D eigenvalue weighted by Gasteiger charge is 2.52. The molecule has 0 aromatic heterocycles. The third-order valence-electron chi connectivity index (χ3n) is 3.97. The van der Waals surface area contributed by atoms with Crippen LogP contribution in [0.2, 0.25) is 0 Å². The zero-order valence-corrected chi connectivity index (χ0v) is 11.8. The molecule has 0 radical (unpaired) electrons. The van der Waals surface area contributed by atoms with Crippen LogP contribution in [-0.4, -0.2) is 36.0 Å². The van der Waals surface area contributed by atoms with Gasteiger partial charge in [-0.3, -0.25) is 9.59 Å². The Morgan fingerprint density at radius 1 is 1.35 bits per heavy atom. The molecule has 0 bridgehead atoms. The van der Waals surface area contributed by atoms with E-state index < -0.39 is 11.4 Å². The molecule has 0 spiro atoms. The molecule has 0 atom stereocenters. The molecule has 0 aliphatic heterocycles. The maximum Gasteiger partial charge on any atom is 0.319 e. The van der Waals surface area contributed by atoms with Crippen molar-refractivity contribution in [3.63, 3.8) is 0 Å². The summed E-state index contributed by atoms with van der Waals surface area (Å²) in [6, 6.07) is 7.42. The van der Waals surface area contributed by atoms with Crippen molar-refractivity contribution in [3.8, 4) is 5.75 Å². The zero-order valence-electron chi connectivity index (χ0n) is 11.8. The Labute approximate surface area is 118 Å². The molecule has 1 N–H and O–H groups in total. The minimum absolute atomic E-state index is 0.317. The fourth-order valence-corrected chi connectivity index (χ4v) is 2.58. The number of nitrogens with zero attached hydrogens (tertiary/aromatic N) is 1. The molecule has 1 amide bonds. The molecule has 1 fully saturated rings. The number of hydrogen-bond donors (Lipinski definition) is 1. The summed E-state index contributed by atoms with van der Waals surface area (Å²) in [5.74, 6) is -0.632. The lowest BCUT2D eigenvalue weighted by molar-refractivity contribution is -0.167. The lowest BCUT2D eigenvalue weighted by atomic mass is 9.68. The number of carboxylic acids is 1. The lowest BCUT2D eigenvalue weighted by Crippen LogP contribution is -2.51. The molecule has 5 nitrogen and oxygen atoms in total. The van der Waals surface area contributed by atoms with E-state index >= 15 is 0 Å². The normalized spacial score (nSPS) is 16.1. The van der Waals surface area contributed by atoms with E-state index in [9.17, 15) is 14.7 Å². The Morgan fingerprint density at radius 2 is 2.00 bits per heavy atom. The first-order chi connectivity index (χ1) is 9.51. The molecule has 1 aliphatic rings.